The molecule has 0 aromatic carbocycles. The number of nitrogens with zero attached hydrogens (tertiary/aromatic N) is 3. The first-order chi connectivity index (χ1) is 6.76. The van der Waals surface area contributed by atoms with Gasteiger partial charge in [0.1, 0.15) is 11.0 Å². The van der Waals surface area contributed by atoms with Crippen LogP contribution in [0.15, 0.2) is 23.3 Å². The Hall–Kier alpha value is -0.880. The summed E-state index contributed by atoms with van der Waals surface area (Å²) in [5, 5.41) is 3.82. The van der Waals surface area contributed by atoms with Crippen molar-refractivity contribution < 1.29 is 3.89 Å². The minimum Gasteiger partial charge on any atom is -0.244 e. The molecule has 0 radical (unpaired) electrons. The number of pyridine rings is 1. The van der Waals surface area contributed by atoms with Crippen molar-refractivity contribution in [3.8, 4) is 0 Å². The number of rotatable bonds is 2. The molecule has 0 amide bonds. The second kappa shape index (κ2) is 3.70. The molecule has 14 heavy (non-hydrogen) atoms. The van der Waals surface area contributed by atoms with Gasteiger partial charge in [-0.05, 0) is 28.1 Å². The van der Waals surface area contributed by atoms with E-state index in [1.807, 2.05) is 0 Å². The van der Waals surface area contributed by atoms with Gasteiger partial charge in [-0.25, -0.2) is 4.98 Å². The molecular weight excluding hydrogens is 269 g/mol. The summed E-state index contributed by atoms with van der Waals surface area (Å²) in [6.07, 6.45) is 3.14. The Kier molecular flexibility index (Phi) is 2.56. The summed E-state index contributed by atoms with van der Waals surface area (Å²) in [6.45, 7) is 3.63. The minimum absolute atomic E-state index is 0.0460. The highest BCUT2D eigenvalue weighted by molar-refractivity contribution is 9.10. The molecule has 72 valence electrons. The Bertz CT molecular complexity index is 497. The third kappa shape index (κ3) is 1.44. The maximum absolute atomic E-state index is 12.4. The fourth-order valence-electron chi connectivity index (χ4n) is 1.12. The quantitative estimate of drug-likeness (QED) is 0.842. The largest absolute Gasteiger partial charge is 0.244 e. The summed E-state index contributed by atoms with van der Waals surface area (Å²) in [5.41, 5.74) is 2.00. The zero-order valence-electron chi connectivity index (χ0n) is 6.94. The van der Waals surface area contributed by atoms with Gasteiger partial charge in [-0.15, -0.1) is 3.89 Å². The van der Waals surface area contributed by atoms with Gasteiger partial charge in [0.2, 0.25) is 0 Å². The van der Waals surface area contributed by atoms with E-state index in [9.17, 15) is 3.89 Å². The van der Waals surface area contributed by atoms with Gasteiger partial charge in [-0.1, -0.05) is 6.58 Å². The summed E-state index contributed by atoms with van der Waals surface area (Å²) >= 11 is 3.37. The SMILES string of the molecule is C=Cc1nc2cnn(SF)c2cc1Br. The number of hydrogen-bond acceptors (Lipinski definition) is 3. The number of fused-ring (bicyclic) bond motifs is 1. The normalized spacial score (nSPS) is 10.7. The second-order valence-corrected chi connectivity index (χ2v) is 3.89. The average molecular weight is 274 g/mol. The zero-order valence-corrected chi connectivity index (χ0v) is 9.35. The fourth-order valence-corrected chi connectivity index (χ4v) is 1.89. The van der Waals surface area contributed by atoms with Gasteiger partial charge in [0.05, 0.1) is 11.9 Å². The molecule has 0 N–H and O–H groups in total. The van der Waals surface area contributed by atoms with Crippen LogP contribution in [0.5, 0.6) is 0 Å². The maximum Gasteiger partial charge on any atom is 0.188 e. The van der Waals surface area contributed by atoms with Crippen LogP contribution in [0.4, 0.5) is 3.89 Å². The standard InChI is InChI=1S/C8H5BrFN3S/c1-2-6-5(9)3-8-7(12-6)4-11-13(8)14-10/h2-4H,1H2. The highest BCUT2D eigenvalue weighted by Crippen LogP contribution is 2.24. The number of hydrogen-bond donors (Lipinski definition) is 0. The van der Waals surface area contributed by atoms with Crippen LogP contribution >= 0.6 is 28.3 Å². The summed E-state index contributed by atoms with van der Waals surface area (Å²) in [6, 6.07) is 1.76. The highest BCUT2D eigenvalue weighted by Gasteiger charge is 2.07. The molecular formula is C8H5BrFN3S. The molecule has 0 aliphatic heterocycles. The van der Waals surface area contributed by atoms with Gasteiger partial charge in [0, 0.05) is 4.47 Å². The van der Waals surface area contributed by atoms with E-state index in [1.165, 1.54) is 10.3 Å². The van der Waals surface area contributed by atoms with Gasteiger partial charge in [-0.2, -0.15) is 9.19 Å². The maximum atomic E-state index is 12.4. The smallest absolute Gasteiger partial charge is 0.188 e. The third-order valence-electron chi connectivity index (χ3n) is 1.76. The highest BCUT2D eigenvalue weighted by atomic mass is 79.9. The fraction of sp³-hybridized carbons (Fsp3) is 0. The van der Waals surface area contributed by atoms with Crippen molar-refractivity contribution in [2.75, 3.05) is 0 Å². The van der Waals surface area contributed by atoms with E-state index in [0.717, 1.165) is 10.2 Å². The van der Waals surface area contributed by atoms with Crippen molar-refractivity contribution >= 4 is 45.4 Å². The number of aromatic nitrogens is 3. The van der Waals surface area contributed by atoms with Crippen LogP contribution in [-0.4, -0.2) is 14.2 Å². The Labute approximate surface area is 92.6 Å². The van der Waals surface area contributed by atoms with Crippen LogP contribution in [-0.2, 0) is 0 Å². The van der Waals surface area contributed by atoms with E-state index in [1.54, 1.807) is 12.1 Å². The van der Waals surface area contributed by atoms with E-state index in [-0.39, 0.29) is 12.3 Å². The predicted octanol–water partition coefficient (Wildman–Crippen LogP) is 3.22. The van der Waals surface area contributed by atoms with E-state index in [0.29, 0.717) is 11.0 Å². The molecule has 0 spiro atoms. The Morgan fingerprint density at radius 1 is 1.64 bits per heavy atom. The molecule has 0 saturated carbocycles. The van der Waals surface area contributed by atoms with Crippen LogP contribution in [0.25, 0.3) is 17.1 Å². The lowest BCUT2D eigenvalue weighted by Gasteiger charge is -1.98. The lowest BCUT2D eigenvalue weighted by Crippen LogP contribution is -1.87. The molecule has 0 aliphatic carbocycles. The topological polar surface area (TPSA) is 30.7 Å². The van der Waals surface area contributed by atoms with Gasteiger partial charge < -0.3 is 0 Å². The third-order valence-corrected chi connectivity index (χ3v) is 2.82. The Morgan fingerprint density at radius 2 is 2.43 bits per heavy atom. The first kappa shape index (κ1) is 9.67. The zero-order chi connectivity index (χ0) is 10.1. The molecule has 0 atom stereocenters. The predicted molar refractivity (Wildman–Crippen MR) is 59.4 cm³/mol. The van der Waals surface area contributed by atoms with Crippen LogP contribution < -0.4 is 0 Å². The van der Waals surface area contributed by atoms with Crippen molar-refractivity contribution in [1.29, 1.82) is 0 Å². The molecule has 3 nitrogen and oxygen atoms in total. The van der Waals surface area contributed by atoms with Gasteiger partial charge >= 0.3 is 0 Å². The second-order valence-electron chi connectivity index (χ2n) is 2.55. The van der Waals surface area contributed by atoms with E-state index in [4.69, 9.17) is 0 Å². The average Bonchev–Trinajstić information content (AvgIpc) is 2.58. The van der Waals surface area contributed by atoms with Crippen molar-refractivity contribution in [1.82, 2.24) is 14.2 Å². The van der Waals surface area contributed by atoms with E-state index >= 15 is 0 Å². The van der Waals surface area contributed by atoms with Crippen LogP contribution in [0.2, 0.25) is 0 Å². The van der Waals surface area contributed by atoms with Crippen molar-refractivity contribution in [3.05, 3.63) is 29.0 Å². The van der Waals surface area contributed by atoms with E-state index < -0.39 is 0 Å². The molecule has 0 aliphatic rings. The van der Waals surface area contributed by atoms with E-state index in [2.05, 4.69) is 32.6 Å². The molecule has 6 heteroatoms. The molecule has 2 rings (SSSR count). The minimum atomic E-state index is 0.0460. The van der Waals surface area contributed by atoms with Gasteiger partial charge in [-0.3, -0.25) is 0 Å². The van der Waals surface area contributed by atoms with Crippen molar-refractivity contribution in [3.63, 3.8) is 0 Å². The van der Waals surface area contributed by atoms with Gasteiger partial charge in [0.25, 0.3) is 0 Å². The first-order valence-corrected chi connectivity index (χ1v) is 5.18. The summed E-state index contributed by atoms with van der Waals surface area (Å²) in [4.78, 5) is 4.23. The van der Waals surface area contributed by atoms with Crippen LogP contribution in [0, 0.1) is 0 Å². The van der Waals surface area contributed by atoms with Crippen molar-refractivity contribution in [2.45, 2.75) is 0 Å². The van der Waals surface area contributed by atoms with Crippen LogP contribution in [0.1, 0.15) is 5.69 Å². The lowest BCUT2D eigenvalue weighted by atomic mass is 10.3. The summed E-state index contributed by atoms with van der Waals surface area (Å²) in [5.74, 6) is 0. The first-order valence-electron chi connectivity index (χ1n) is 3.72. The van der Waals surface area contributed by atoms with Crippen LogP contribution in [0.3, 0.4) is 0 Å². The molecule has 2 aromatic rings. The molecule has 0 saturated heterocycles. The summed E-state index contributed by atoms with van der Waals surface area (Å²) < 4.78 is 14.3. The van der Waals surface area contributed by atoms with Crippen molar-refractivity contribution in [2.24, 2.45) is 0 Å². The molecule has 0 bridgehead atoms. The number of halogens is 2. The Morgan fingerprint density at radius 3 is 3.07 bits per heavy atom. The molecule has 2 aromatic heterocycles. The molecule has 2 heterocycles. The van der Waals surface area contributed by atoms with Gasteiger partial charge in [0.15, 0.2) is 12.3 Å². The summed E-state index contributed by atoms with van der Waals surface area (Å²) in [7, 11) is 0. The monoisotopic (exact) mass is 273 g/mol. The Balaban J connectivity index is 2.75. The molecule has 0 unspecified atom stereocenters. The molecule has 0 fully saturated rings. The lowest BCUT2D eigenvalue weighted by molar-refractivity contribution is 0.888.